The Kier molecular flexibility index (Phi) is 5.48. The van der Waals surface area contributed by atoms with E-state index in [1.807, 2.05) is 18.2 Å². The van der Waals surface area contributed by atoms with E-state index in [-0.39, 0.29) is 12.7 Å². The Morgan fingerprint density at radius 3 is 2.79 bits per heavy atom. The predicted octanol–water partition coefficient (Wildman–Crippen LogP) is 2.66. The summed E-state index contributed by atoms with van der Waals surface area (Å²) in [6.07, 6.45) is 2.13. The van der Waals surface area contributed by atoms with Crippen molar-refractivity contribution in [3.8, 4) is 0 Å². The standard InChI is InChI=1S/C14H19ClN2O2/c15-13-6-2-1-5-12(13)11-19-14(18)16-7-10-17-8-3-4-9-17/h1-2,5-6H,3-4,7-11H2,(H,16,18). The van der Waals surface area contributed by atoms with Gasteiger partial charge >= 0.3 is 6.09 Å². The van der Waals surface area contributed by atoms with Crippen molar-refractivity contribution in [1.82, 2.24) is 10.2 Å². The fourth-order valence-electron chi connectivity index (χ4n) is 2.13. The lowest BCUT2D eigenvalue weighted by Gasteiger charge is -2.14. The maximum absolute atomic E-state index is 11.5. The summed E-state index contributed by atoms with van der Waals surface area (Å²) in [5.74, 6) is 0. The summed E-state index contributed by atoms with van der Waals surface area (Å²) in [6.45, 7) is 3.99. The Morgan fingerprint density at radius 1 is 1.32 bits per heavy atom. The quantitative estimate of drug-likeness (QED) is 0.903. The molecule has 0 radical (unpaired) electrons. The molecular weight excluding hydrogens is 264 g/mol. The molecule has 0 spiro atoms. The molecule has 0 unspecified atom stereocenters. The Labute approximate surface area is 118 Å². The molecule has 1 heterocycles. The van der Waals surface area contributed by atoms with Gasteiger partial charge in [0, 0.05) is 23.7 Å². The van der Waals surface area contributed by atoms with Crippen molar-refractivity contribution < 1.29 is 9.53 Å². The van der Waals surface area contributed by atoms with Gasteiger partial charge in [-0.1, -0.05) is 29.8 Å². The van der Waals surface area contributed by atoms with Crippen LogP contribution in [0.15, 0.2) is 24.3 Å². The molecule has 4 nitrogen and oxygen atoms in total. The molecule has 104 valence electrons. The first-order chi connectivity index (χ1) is 9.25. The molecule has 1 aliphatic heterocycles. The van der Waals surface area contributed by atoms with E-state index in [0.29, 0.717) is 11.6 Å². The molecule has 1 amide bonds. The van der Waals surface area contributed by atoms with Gasteiger partial charge in [0.15, 0.2) is 0 Å². The molecule has 1 aromatic rings. The monoisotopic (exact) mass is 282 g/mol. The average Bonchev–Trinajstić information content (AvgIpc) is 2.91. The van der Waals surface area contributed by atoms with Gasteiger partial charge in [0.25, 0.3) is 0 Å². The second-order valence-electron chi connectivity index (χ2n) is 4.64. The Bertz CT molecular complexity index is 420. The van der Waals surface area contributed by atoms with Crippen LogP contribution >= 0.6 is 11.6 Å². The van der Waals surface area contributed by atoms with Crippen LogP contribution in [-0.2, 0) is 11.3 Å². The molecule has 1 saturated heterocycles. The molecule has 1 aromatic carbocycles. The second-order valence-corrected chi connectivity index (χ2v) is 5.05. The number of nitrogens with zero attached hydrogens (tertiary/aromatic N) is 1. The minimum absolute atomic E-state index is 0.204. The van der Waals surface area contributed by atoms with Crippen molar-refractivity contribution in [3.63, 3.8) is 0 Å². The first-order valence-corrected chi connectivity index (χ1v) is 7.00. The van der Waals surface area contributed by atoms with E-state index in [1.54, 1.807) is 6.07 Å². The number of hydrogen-bond acceptors (Lipinski definition) is 3. The lowest BCUT2D eigenvalue weighted by molar-refractivity contribution is 0.138. The summed E-state index contributed by atoms with van der Waals surface area (Å²) in [6, 6.07) is 7.35. The van der Waals surface area contributed by atoms with E-state index in [9.17, 15) is 4.79 Å². The van der Waals surface area contributed by atoms with Crippen LogP contribution in [0.5, 0.6) is 0 Å². The van der Waals surface area contributed by atoms with Crippen molar-refractivity contribution in [2.24, 2.45) is 0 Å². The smallest absolute Gasteiger partial charge is 0.407 e. The zero-order valence-electron chi connectivity index (χ0n) is 10.9. The molecule has 0 aromatic heterocycles. The van der Waals surface area contributed by atoms with Gasteiger partial charge in [-0.3, -0.25) is 0 Å². The van der Waals surface area contributed by atoms with Crippen molar-refractivity contribution in [2.75, 3.05) is 26.2 Å². The maximum atomic E-state index is 11.5. The molecule has 1 aliphatic rings. The topological polar surface area (TPSA) is 41.6 Å². The minimum atomic E-state index is -0.390. The van der Waals surface area contributed by atoms with E-state index in [2.05, 4.69) is 10.2 Å². The number of alkyl carbamates (subject to hydrolysis) is 1. The third-order valence-electron chi connectivity index (χ3n) is 3.21. The molecule has 0 aliphatic carbocycles. The zero-order valence-corrected chi connectivity index (χ0v) is 11.7. The number of rotatable bonds is 5. The normalized spacial score (nSPS) is 15.4. The van der Waals surface area contributed by atoms with Gasteiger partial charge in [0.1, 0.15) is 6.61 Å². The number of ether oxygens (including phenoxy) is 1. The van der Waals surface area contributed by atoms with Crippen molar-refractivity contribution >= 4 is 17.7 Å². The number of halogens is 1. The lowest BCUT2D eigenvalue weighted by atomic mass is 10.2. The molecule has 5 heteroatoms. The second kappa shape index (κ2) is 7.36. The fraction of sp³-hybridized carbons (Fsp3) is 0.500. The zero-order chi connectivity index (χ0) is 13.5. The van der Waals surface area contributed by atoms with Gasteiger partial charge in [-0.2, -0.15) is 0 Å². The van der Waals surface area contributed by atoms with E-state index >= 15 is 0 Å². The first kappa shape index (κ1) is 14.2. The molecule has 2 rings (SSSR count). The van der Waals surface area contributed by atoms with Crippen LogP contribution in [0.3, 0.4) is 0 Å². The fourth-order valence-corrected chi connectivity index (χ4v) is 2.32. The van der Waals surface area contributed by atoms with Crippen LogP contribution in [-0.4, -0.2) is 37.2 Å². The predicted molar refractivity (Wildman–Crippen MR) is 75.3 cm³/mol. The maximum Gasteiger partial charge on any atom is 0.407 e. The van der Waals surface area contributed by atoms with Crippen LogP contribution in [0.2, 0.25) is 5.02 Å². The highest BCUT2D eigenvalue weighted by Crippen LogP contribution is 2.15. The molecular formula is C14H19ClN2O2. The molecule has 0 saturated carbocycles. The van der Waals surface area contributed by atoms with Crippen molar-refractivity contribution in [3.05, 3.63) is 34.9 Å². The average molecular weight is 283 g/mol. The van der Waals surface area contributed by atoms with Crippen LogP contribution in [0.1, 0.15) is 18.4 Å². The van der Waals surface area contributed by atoms with Gasteiger partial charge in [0.05, 0.1) is 0 Å². The van der Waals surface area contributed by atoms with E-state index in [1.165, 1.54) is 12.8 Å². The van der Waals surface area contributed by atoms with Crippen LogP contribution < -0.4 is 5.32 Å². The van der Waals surface area contributed by atoms with Gasteiger partial charge in [-0.25, -0.2) is 4.79 Å². The van der Waals surface area contributed by atoms with Crippen LogP contribution in [0.4, 0.5) is 4.79 Å². The Morgan fingerprint density at radius 2 is 2.05 bits per heavy atom. The van der Waals surface area contributed by atoms with Crippen LogP contribution in [0.25, 0.3) is 0 Å². The third kappa shape index (κ3) is 4.73. The van der Waals surface area contributed by atoms with Crippen LogP contribution in [0, 0.1) is 0 Å². The molecule has 1 fully saturated rings. The summed E-state index contributed by atoms with van der Waals surface area (Å²) >= 11 is 5.98. The number of likely N-dealkylation sites (tertiary alicyclic amines) is 1. The van der Waals surface area contributed by atoms with Crippen molar-refractivity contribution in [2.45, 2.75) is 19.4 Å². The molecule has 19 heavy (non-hydrogen) atoms. The van der Waals surface area contributed by atoms with E-state index < -0.39 is 0 Å². The Balaban J connectivity index is 1.63. The SMILES string of the molecule is O=C(NCCN1CCCC1)OCc1ccccc1Cl. The number of carbonyl (C=O) groups excluding carboxylic acids is 1. The van der Waals surface area contributed by atoms with E-state index in [0.717, 1.165) is 25.2 Å². The summed E-state index contributed by atoms with van der Waals surface area (Å²) < 4.78 is 5.12. The molecule has 0 bridgehead atoms. The summed E-state index contributed by atoms with van der Waals surface area (Å²) in [7, 11) is 0. The van der Waals surface area contributed by atoms with E-state index in [4.69, 9.17) is 16.3 Å². The Hall–Kier alpha value is -1.26. The molecule has 1 N–H and O–H groups in total. The third-order valence-corrected chi connectivity index (χ3v) is 3.58. The number of benzene rings is 1. The highest BCUT2D eigenvalue weighted by Gasteiger charge is 2.11. The summed E-state index contributed by atoms with van der Waals surface area (Å²) in [5.41, 5.74) is 0.818. The largest absolute Gasteiger partial charge is 0.445 e. The number of carbonyl (C=O) groups is 1. The summed E-state index contributed by atoms with van der Waals surface area (Å²) in [4.78, 5) is 13.8. The summed E-state index contributed by atoms with van der Waals surface area (Å²) in [5, 5.41) is 3.37. The number of amides is 1. The lowest BCUT2D eigenvalue weighted by Crippen LogP contribution is -2.33. The highest BCUT2D eigenvalue weighted by atomic mass is 35.5. The first-order valence-electron chi connectivity index (χ1n) is 6.62. The number of nitrogens with one attached hydrogen (secondary N) is 1. The minimum Gasteiger partial charge on any atom is -0.445 e. The molecule has 0 atom stereocenters. The van der Waals surface area contributed by atoms with Gasteiger partial charge < -0.3 is 15.0 Å². The van der Waals surface area contributed by atoms with Gasteiger partial charge in [-0.15, -0.1) is 0 Å². The van der Waals surface area contributed by atoms with Gasteiger partial charge in [0.2, 0.25) is 0 Å². The highest BCUT2D eigenvalue weighted by molar-refractivity contribution is 6.31. The van der Waals surface area contributed by atoms with Gasteiger partial charge in [-0.05, 0) is 32.0 Å². The van der Waals surface area contributed by atoms with Crippen molar-refractivity contribution in [1.29, 1.82) is 0 Å². The number of hydrogen-bond donors (Lipinski definition) is 1.